The van der Waals surface area contributed by atoms with Crippen LogP contribution >= 0.6 is 11.6 Å². The van der Waals surface area contributed by atoms with Crippen molar-refractivity contribution >= 4 is 28.4 Å². The number of nitrogens with one attached hydrogen (secondary N) is 2. The molecule has 1 aromatic heterocycles. The van der Waals surface area contributed by atoms with Gasteiger partial charge in [0.15, 0.2) is 0 Å². The number of benzene rings is 3. The van der Waals surface area contributed by atoms with Crippen molar-refractivity contribution in [1.29, 1.82) is 0 Å². The van der Waals surface area contributed by atoms with Crippen molar-refractivity contribution in [1.82, 2.24) is 10.3 Å². The summed E-state index contributed by atoms with van der Waals surface area (Å²) in [6.07, 6.45) is 3.35. The largest absolute Gasteiger partial charge is 0.361 e. The van der Waals surface area contributed by atoms with Crippen LogP contribution in [0.1, 0.15) is 54.5 Å². The number of rotatable bonds is 7. The van der Waals surface area contributed by atoms with Crippen LogP contribution in [0, 0.1) is 0 Å². The van der Waals surface area contributed by atoms with Crippen molar-refractivity contribution in [3.8, 4) is 0 Å². The summed E-state index contributed by atoms with van der Waals surface area (Å²) in [5.74, 6) is -0.0788. The molecule has 0 aliphatic carbocycles. The maximum atomic E-state index is 13.1. The molecule has 0 aliphatic rings. The van der Waals surface area contributed by atoms with E-state index in [9.17, 15) is 4.79 Å². The maximum absolute atomic E-state index is 13.1. The van der Waals surface area contributed by atoms with E-state index in [0.29, 0.717) is 11.4 Å². The lowest BCUT2D eigenvalue weighted by atomic mass is 9.87. The summed E-state index contributed by atoms with van der Waals surface area (Å²) in [6, 6.07) is 24.2. The van der Waals surface area contributed by atoms with Gasteiger partial charge in [0.05, 0.1) is 6.04 Å². The second kappa shape index (κ2) is 9.40. The highest BCUT2D eigenvalue weighted by molar-refractivity contribution is 6.30. The van der Waals surface area contributed by atoms with Crippen molar-refractivity contribution in [2.45, 2.75) is 38.6 Å². The van der Waals surface area contributed by atoms with Gasteiger partial charge in [-0.25, -0.2) is 0 Å². The molecule has 0 aliphatic heterocycles. The minimum Gasteiger partial charge on any atom is -0.361 e. The molecule has 3 aromatic carbocycles. The third-order valence-electron chi connectivity index (χ3n) is 5.91. The van der Waals surface area contributed by atoms with Crippen molar-refractivity contribution in [3.05, 3.63) is 106 Å². The summed E-state index contributed by atoms with van der Waals surface area (Å²) in [4.78, 5) is 16.5. The van der Waals surface area contributed by atoms with E-state index in [1.54, 1.807) is 0 Å². The topological polar surface area (TPSA) is 44.9 Å². The summed E-state index contributed by atoms with van der Waals surface area (Å²) in [7, 11) is 0. The number of amides is 1. The Morgan fingerprint density at radius 1 is 1.00 bits per heavy atom. The molecule has 2 atom stereocenters. The number of hydrogen-bond acceptors (Lipinski definition) is 1. The second-order valence-electron chi connectivity index (χ2n) is 7.95. The van der Waals surface area contributed by atoms with Gasteiger partial charge in [-0.15, -0.1) is 0 Å². The molecule has 0 bridgehead atoms. The van der Waals surface area contributed by atoms with E-state index in [4.69, 9.17) is 11.6 Å². The highest BCUT2D eigenvalue weighted by Gasteiger charge is 2.23. The lowest BCUT2D eigenvalue weighted by Gasteiger charge is -2.20. The van der Waals surface area contributed by atoms with Gasteiger partial charge >= 0.3 is 0 Å². The van der Waals surface area contributed by atoms with Gasteiger partial charge in [0.25, 0.3) is 0 Å². The Morgan fingerprint density at radius 3 is 2.48 bits per heavy atom. The molecule has 4 rings (SSSR count). The van der Waals surface area contributed by atoms with Crippen LogP contribution in [-0.2, 0) is 11.2 Å². The smallest absolute Gasteiger partial charge is 0.221 e. The molecule has 158 valence electrons. The molecule has 4 aromatic rings. The van der Waals surface area contributed by atoms with E-state index >= 15 is 0 Å². The summed E-state index contributed by atoms with van der Waals surface area (Å²) < 4.78 is 0. The van der Waals surface area contributed by atoms with Crippen LogP contribution in [0.25, 0.3) is 10.9 Å². The Labute approximate surface area is 188 Å². The van der Waals surface area contributed by atoms with E-state index in [1.807, 2.05) is 67.7 Å². The van der Waals surface area contributed by atoms with Gasteiger partial charge < -0.3 is 10.3 Å². The van der Waals surface area contributed by atoms with Crippen molar-refractivity contribution in [2.75, 3.05) is 0 Å². The fourth-order valence-corrected chi connectivity index (χ4v) is 4.46. The molecule has 0 radical (unpaired) electrons. The van der Waals surface area contributed by atoms with E-state index in [2.05, 4.69) is 35.4 Å². The van der Waals surface area contributed by atoms with E-state index in [-0.39, 0.29) is 17.9 Å². The van der Waals surface area contributed by atoms with Gasteiger partial charge in [-0.05, 0) is 47.7 Å². The molecule has 1 amide bonds. The van der Waals surface area contributed by atoms with Gasteiger partial charge in [-0.2, -0.15) is 0 Å². The highest BCUT2D eigenvalue weighted by Crippen LogP contribution is 2.35. The zero-order chi connectivity index (χ0) is 21.8. The fourth-order valence-electron chi connectivity index (χ4n) is 4.26. The molecule has 1 heterocycles. The van der Waals surface area contributed by atoms with Crippen LogP contribution in [0.5, 0.6) is 0 Å². The number of aromatic nitrogens is 1. The SMILES string of the molecule is CCc1cccc2c(C(CC(=O)NC(C)c3ccccc3)c3cccc(Cl)c3)c[nH]c12. The predicted octanol–water partition coefficient (Wildman–Crippen LogP) is 6.78. The normalized spacial score (nSPS) is 13.1. The number of para-hydroxylation sites is 1. The third kappa shape index (κ3) is 4.67. The van der Waals surface area contributed by atoms with Crippen LogP contribution < -0.4 is 5.32 Å². The van der Waals surface area contributed by atoms with Crippen molar-refractivity contribution in [2.24, 2.45) is 0 Å². The summed E-state index contributed by atoms with van der Waals surface area (Å²) in [5.41, 5.74) is 5.67. The number of carbonyl (C=O) groups excluding carboxylic acids is 1. The summed E-state index contributed by atoms with van der Waals surface area (Å²) >= 11 is 6.31. The zero-order valence-corrected chi connectivity index (χ0v) is 18.6. The molecule has 0 saturated heterocycles. The fraction of sp³-hybridized carbons (Fsp3) is 0.222. The van der Waals surface area contributed by atoms with Crippen LogP contribution in [0.2, 0.25) is 5.02 Å². The first-order valence-electron chi connectivity index (χ1n) is 10.8. The highest BCUT2D eigenvalue weighted by atomic mass is 35.5. The molecule has 4 heteroatoms. The molecular formula is C27H27ClN2O. The van der Waals surface area contributed by atoms with Gasteiger partial charge in [-0.3, -0.25) is 4.79 Å². The van der Waals surface area contributed by atoms with Gasteiger partial charge in [0, 0.05) is 34.5 Å². The van der Waals surface area contributed by atoms with E-state index in [0.717, 1.165) is 34.0 Å². The van der Waals surface area contributed by atoms with E-state index < -0.39 is 0 Å². The first-order chi connectivity index (χ1) is 15.1. The number of halogens is 1. The third-order valence-corrected chi connectivity index (χ3v) is 6.14. The molecule has 31 heavy (non-hydrogen) atoms. The Morgan fingerprint density at radius 2 is 1.74 bits per heavy atom. The number of hydrogen-bond donors (Lipinski definition) is 2. The number of aryl methyl sites for hydroxylation is 1. The Hall–Kier alpha value is -3.04. The van der Waals surface area contributed by atoms with Gasteiger partial charge in [0.1, 0.15) is 0 Å². The monoisotopic (exact) mass is 430 g/mol. The zero-order valence-electron chi connectivity index (χ0n) is 17.9. The maximum Gasteiger partial charge on any atom is 0.221 e. The van der Waals surface area contributed by atoms with Crippen LogP contribution in [-0.4, -0.2) is 10.9 Å². The lowest BCUT2D eigenvalue weighted by molar-refractivity contribution is -0.121. The number of carbonyl (C=O) groups is 1. The average Bonchev–Trinajstić information content (AvgIpc) is 3.22. The Bertz CT molecular complexity index is 1180. The Kier molecular flexibility index (Phi) is 6.43. The first-order valence-corrected chi connectivity index (χ1v) is 11.1. The quantitative estimate of drug-likeness (QED) is 0.333. The minimum atomic E-state index is -0.0949. The lowest BCUT2D eigenvalue weighted by Crippen LogP contribution is -2.28. The summed E-state index contributed by atoms with van der Waals surface area (Å²) in [5, 5.41) is 5.00. The second-order valence-corrected chi connectivity index (χ2v) is 8.39. The molecule has 2 unspecified atom stereocenters. The van der Waals surface area contributed by atoms with Crippen molar-refractivity contribution < 1.29 is 4.79 Å². The van der Waals surface area contributed by atoms with Crippen molar-refractivity contribution in [3.63, 3.8) is 0 Å². The van der Waals surface area contributed by atoms with Crippen LogP contribution in [0.4, 0.5) is 0 Å². The Balaban J connectivity index is 1.67. The molecule has 0 spiro atoms. The predicted molar refractivity (Wildman–Crippen MR) is 129 cm³/mol. The standard InChI is InChI=1S/C27H27ClN2O/c1-3-19-11-8-14-23-25(17-29-27(19)23)24(21-12-7-13-22(28)15-21)16-26(31)30-18(2)20-9-5-4-6-10-20/h4-15,17-18,24,29H,3,16H2,1-2H3,(H,30,31). The van der Waals surface area contributed by atoms with Crippen LogP contribution in [0.15, 0.2) is 79.0 Å². The van der Waals surface area contributed by atoms with E-state index in [1.165, 1.54) is 5.56 Å². The first kappa shape index (κ1) is 21.2. The number of H-pyrrole nitrogens is 1. The van der Waals surface area contributed by atoms with Crippen LogP contribution in [0.3, 0.4) is 0 Å². The average molecular weight is 431 g/mol. The number of fused-ring (bicyclic) bond motifs is 1. The molecule has 2 N–H and O–H groups in total. The molecule has 3 nitrogen and oxygen atoms in total. The van der Waals surface area contributed by atoms with Gasteiger partial charge in [-0.1, -0.05) is 79.2 Å². The molecule has 0 saturated carbocycles. The molecular weight excluding hydrogens is 404 g/mol. The number of aromatic amines is 1. The minimum absolute atomic E-state index is 0.0160. The summed E-state index contributed by atoms with van der Waals surface area (Å²) in [6.45, 7) is 4.17. The van der Waals surface area contributed by atoms with Gasteiger partial charge in [0.2, 0.25) is 5.91 Å². The molecule has 0 fully saturated rings.